The van der Waals surface area contributed by atoms with Gasteiger partial charge < -0.3 is 10.6 Å². The summed E-state index contributed by atoms with van der Waals surface area (Å²) in [4.78, 5) is 24.6. The lowest BCUT2D eigenvalue weighted by atomic mass is 10.3. The number of amides is 2. The maximum atomic E-state index is 12.5. The first kappa shape index (κ1) is 21.0. The molecule has 1 aromatic heterocycles. The molecule has 4 rings (SSSR count). The van der Waals surface area contributed by atoms with Gasteiger partial charge in [-0.05, 0) is 37.3 Å². The fraction of sp³-hybridized carbons (Fsp3) is 0.0435. The molecule has 0 saturated carbocycles. The van der Waals surface area contributed by atoms with E-state index in [-0.39, 0.29) is 11.2 Å². The predicted octanol–water partition coefficient (Wildman–Crippen LogP) is 5.46. The van der Waals surface area contributed by atoms with Crippen LogP contribution in [0.5, 0.6) is 0 Å². The summed E-state index contributed by atoms with van der Waals surface area (Å²) in [6, 6.07) is 27.4. The van der Waals surface area contributed by atoms with Gasteiger partial charge in [-0.25, -0.2) is 9.48 Å². The monoisotopic (exact) mass is 420 g/mol. The van der Waals surface area contributed by atoms with Gasteiger partial charge in [0, 0.05) is 10.7 Å². The van der Waals surface area contributed by atoms with E-state index in [0.717, 1.165) is 0 Å². The normalized spacial score (nSPS) is 9.93. The maximum absolute atomic E-state index is 12.5. The van der Waals surface area contributed by atoms with Crippen molar-refractivity contribution in [2.24, 2.45) is 0 Å². The van der Waals surface area contributed by atoms with E-state index >= 15 is 0 Å². The summed E-state index contributed by atoms with van der Waals surface area (Å²) < 4.78 is 1.38. The first-order valence-corrected chi connectivity index (χ1v) is 9.63. The van der Waals surface area contributed by atoms with Crippen LogP contribution in [0.15, 0.2) is 95.8 Å². The zero-order valence-corrected chi connectivity index (χ0v) is 17.1. The van der Waals surface area contributed by atoms with Crippen molar-refractivity contribution >= 4 is 29.0 Å². The summed E-state index contributed by atoms with van der Waals surface area (Å²) in [6.07, 6.45) is 0. The standard InChI is InChI=1S/C17H15ClN4O2.C6H6/c1-11-15(16(23)22(21-11)14-8-3-2-4-9-14)20-17(24)19-13-7-5-6-12(18)10-13;1-2-4-6-5-3-1/h2-10,21H,1H3,(H2,19,20,24);1-6H. The molecule has 1 heterocycles. The van der Waals surface area contributed by atoms with E-state index in [9.17, 15) is 9.59 Å². The number of carbonyl (C=O) groups excluding carboxylic acids is 1. The third-order valence-corrected chi connectivity index (χ3v) is 4.31. The van der Waals surface area contributed by atoms with Crippen molar-refractivity contribution in [3.8, 4) is 5.69 Å². The number of nitrogens with zero attached hydrogens (tertiary/aromatic N) is 1. The summed E-state index contributed by atoms with van der Waals surface area (Å²) in [6.45, 7) is 1.72. The zero-order valence-electron chi connectivity index (χ0n) is 16.3. The Labute approximate surface area is 179 Å². The number of hydrogen-bond donors (Lipinski definition) is 3. The third kappa shape index (κ3) is 5.62. The number of aromatic amines is 1. The van der Waals surface area contributed by atoms with Gasteiger partial charge in [-0.3, -0.25) is 9.89 Å². The molecule has 152 valence electrons. The summed E-state index contributed by atoms with van der Waals surface area (Å²) in [5.74, 6) is 0. The quantitative estimate of drug-likeness (QED) is 0.411. The summed E-state index contributed by atoms with van der Waals surface area (Å²) in [5.41, 5.74) is 1.65. The molecule has 6 nitrogen and oxygen atoms in total. The Balaban J connectivity index is 0.000000367. The van der Waals surface area contributed by atoms with Gasteiger partial charge in [0.05, 0.1) is 11.4 Å². The average Bonchev–Trinajstić information content (AvgIpc) is 3.04. The number of carbonyl (C=O) groups is 1. The second-order valence-corrected chi connectivity index (χ2v) is 6.77. The van der Waals surface area contributed by atoms with Crippen molar-refractivity contribution in [2.45, 2.75) is 6.92 Å². The van der Waals surface area contributed by atoms with Crippen LogP contribution in [0.25, 0.3) is 5.69 Å². The Morgan fingerprint density at radius 3 is 2.07 bits per heavy atom. The molecule has 0 radical (unpaired) electrons. The maximum Gasteiger partial charge on any atom is 0.323 e. The Bertz CT molecular complexity index is 1130. The number of aromatic nitrogens is 2. The van der Waals surface area contributed by atoms with Crippen LogP contribution >= 0.6 is 11.6 Å². The van der Waals surface area contributed by atoms with Crippen molar-refractivity contribution in [1.29, 1.82) is 0 Å². The Morgan fingerprint density at radius 2 is 1.47 bits per heavy atom. The Morgan fingerprint density at radius 1 is 0.867 bits per heavy atom. The highest BCUT2D eigenvalue weighted by atomic mass is 35.5. The van der Waals surface area contributed by atoms with Crippen LogP contribution in [0.4, 0.5) is 16.2 Å². The van der Waals surface area contributed by atoms with Gasteiger partial charge in [-0.15, -0.1) is 0 Å². The van der Waals surface area contributed by atoms with Crippen molar-refractivity contribution < 1.29 is 4.79 Å². The SMILES string of the molecule is Cc1[nH]n(-c2ccccc2)c(=O)c1NC(=O)Nc1cccc(Cl)c1.c1ccccc1. The molecule has 0 atom stereocenters. The number of aryl methyl sites for hydroxylation is 1. The highest BCUT2D eigenvalue weighted by Gasteiger charge is 2.15. The molecule has 0 aliphatic carbocycles. The molecule has 30 heavy (non-hydrogen) atoms. The van der Waals surface area contributed by atoms with Crippen LogP contribution in [-0.2, 0) is 0 Å². The van der Waals surface area contributed by atoms with E-state index in [0.29, 0.717) is 22.1 Å². The van der Waals surface area contributed by atoms with Crippen LogP contribution in [-0.4, -0.2) is 15.8 Å². The van der Waals surface area contributed by atoms with Crippen molar-refractivity contribution in [3.05, 3.63) is 112 Å². The predicted molar refractivity (Wildman–Crippen MR) is 122 cm³/mol. The first-order chi connectivity index (χ1) is 14.5. The lowest BCUT2D eigenvalue weighted by Crippen LogP contribution is -2.24. The van der Waals surface area contributed by atoms with E-state index in [1.165, 1.54) is 4.68 Å². The third-order valence-electron chi connectivity index (χ3n) is 4.07. The van der Waals surface area contributed by atoms with Gasteiger partial charge >= 0.3 is 6.03 Å². The number of rotatable bonds is 3. The average molecular weight is 421 g/mol. The Kier molecular flexibility index (Phi) is 7.08. The number of hydrogen-bond acceptors (Lipinski definition) is 2. The van der Waals surface area contributed by atoms with Gasteiger partial charge in [-0.1, -0.05) is 72.3 Å². The highest BCUT2D eigenvalue weighted by molar-refractivity contribution is 6.30. The fourth-order valence-corrected chi connectivity index (χ4v) is 2.87. The number of H-pyrrole nitrogens is 1. The van der Waals surface area contributed by atoms with E-state index in [1.807, 2.05) is 54.6 Å². The minimum atomic E-state index is -0.517. The van der Waals surface area contributed by atoms with Gasteiger partial charge in [-0.2, -0.15) is 0 Å². The largest absolute Gasteiger partial charge is 0.323 e. The van der Waals surface area contributed by atoms with Crippen LogP contribution in [0.1, 0.15) is 5.69 Å². The van der Waals surface area contributed by atoms with Crippen LogP contribution in [0.3, 0.4) is 0 Å². The number of anilines is 2. The van der Waals surface area contributed by atoms with Crippen LogP contribution < -0.4 is 16.2 Å². The molecule has 0 aliphatic rings. The lowest BCUT2D eigenvalue weighted by Gasteiger charge is -2.06. The highest BCUT2D eigenvalue weighted by Crippen LogP contribution is 2.16. The van der Waals surface area contributed by atoms with Gasteiger partial charge in [0.1, 0.15) is 5.69 Å². The topological polar surface area (TPSA) is 78.9 Å². The summed E-state index contributed by atoms with van der Waals surface area (Å²) in [5, 5.41) is 8.68. The molecule has 3 N–H and O–H groups in total. The van der Waals surface area contributed by atoms with Crippen molar-refractivity contribution in [2.75, 3.05) is 10.6 Å². The molecule has 0 bridgehead atoms. The molecular formula is C23H21ClN4O2. The molecule has 7 heteroatoms. The second kappa shape index (κ2) is 10.1. The summed E-state index contributed by atoms with van der Waals surface area (Å²) >= 11 is 5.88. The van der Waals surface area contributed by atoms with Gasteiger partial charge in [0.15, 0.2) is 0 Å². The van der Waals surface area contributed by atoms with Crippen molar-refractivity contribution in [1.82, 2.24) is 9.78 Å². The second-order valence-electron chi connectivity index (χ2n) is 6.33. The molecule has 4 aromatic rings. The molecule has 0 spiro atoms. The van der Waals surface area contributed by atoms with E-state index in [2.05, 4.69) is 15.7 Å². The van der Waals surface area contributed by atoms with E-state index in [4.69, 9.17) is 11.6 Å². The molecule has 0 unspecified atom stereocenters. The smallest absolute Gasteiger partial charge is 0.308 e. The number of halogens is 1. The number of urea groups is 1. The minimum Gasteiger partial charge on any atom is -0.308 e. The molecule has 3 aromatic carbocycles. The van der Waals surface area contributed by atoms with Crippen LogP contribution in [0, 0.1) is 6.92 Å². The number of benzene rings is 3. The molecule has 0 fully saturated rings. The first-order valence-electron chi connectivity index (χ1n) is 9.25. The van der Waals surface area contributed by atoms with Gasteiger partial charge in [0.25, 0.3) is 5.56 Å². The fourth-order valence-electron chi connectivity index (χ4n) is 2.68. The minimum absolute atomic E-state index is 0.193. The van der Waals surface area contributed by atoms with E-state index in [1.54, 1.807) is 43.3 Å². The van der Waals surface area contributed by atoms with Gasteiger partial charge in [0.2, 0.25) is 0 Å². The number of para-hydroxylation sites is 1. The van der Waals surface area contributed by atoms with Crippen LogP contribution in [0.2, 0.25) is 5.02 Å². The molecule has 2 amide bonds. The number of nitrogens with one attached hydrogen (secondary N) is 3. The molecule has 0 saturated heterocycles. The Hall–Kier alpha value is -3.77. The molecular weight excluding hydrogens is 400 g/mol. The molecule has 0 aliphatic heterocycles. The zero-order chi connectivity index (χ0) is 21.3. The lowest BCUT2D eigenvalue weighted by molar-refractivity contribution is 0.262. The summed E-state index contributed by atoms with van der Waals surface area (Å²) in [7, 11) is 0. The van der Waals surface area contributed by atoms with Crippen molar-refractivity contribution in [3.63, 3.8) is 0 Å². The van der Waals surface area contributed by atoms with E-state index < -0.39 is 6.03 Å².